The minimum atomic E-state index is 0.477. The molecule has 0 aliphatic rings. The number of aromatic nitrogens is 1. The van der Waals surface area contributed by atoms with Crippen LogP contribution in [0.2, 0.25) is 5.15 Å². The first-order valence-electron chi connectivity index (χ1n) is 5.64. The molecule has 0 radical (unpaired) electrons. The van der Waals surface area contributed by atoms with Crippen LogP contribution in [0.15, 0.2) is 53.3 Å². The fourth-order valence-electron chi connectivity index (χ4n) is 1.88. The highest BCUT2D eigenvalue weighted by molar-refractivity contribution is 6.31. The second-order valence-corrected chi connectivity index (χ2v) is 4.31. The van der Waals surface area contributed by atoms with Crippen LogP contribution < -0.4 is 5.32 Å². The summed E-state index contributed by atoms with van der Waals surface area (Å²) in [6, 6.07) is 11.7. The molecule has 2 heterocycles. The minimum absolute atomic E-state index is 0.477. The molecule has 3 rings (SSSR count). The number of benzene rings is 1. The van der Waals surface area contributed by atoms with Gasteiger partial charge in [-0.3, -0.25) is 0 Å². The van der Waals surface area contributed by atoms with Gasteiger partial charge in [0.2, 0.25) is 0 Å². The summed E-state index contributed by atoms with van der Waals surface area (Å²) in [5, 5.41) is 4.85. The third kappa shape index (κ3) is 2.05. The Hall–Kier alpha value is -2.00. The average molecular weight is 259 g/mol. The van der Waals surface area contributed by atoms with E-state index < -0.39 is 0 Å². The molecule has 0 fully saturated rings. The van der Waals surface area contributed by atoms with E-state index in [9.17, 15) is 0 Å². The molecule has 0 unspecified atom stereocenters. The Balaban J connectivity index is 1.83. The molecule has 90 valence electrons. The van der Waals surface area contributed by atoms with Gasteiger partial charge < -0.3 is 9.73 Å². The Morgan fingerprint density at radius 1 is 1.17 bits per heavy atom. The fourth-order valence-corrected chi connectivity index (χ4v) is 2.06. The van der Waals surface area contributed by atoms with Gasteiger partial charge in [-0.2, -0.15) is 0 Å². The normalized spacial score (nSPS) is 10.7. The van der Waals surface area contributed by atoms with Crippen LogP contribution in [0.25, 0.3) is 11.0 Å². The maximum atomic E-state index is 5.99. The molecule has 0 saturated heterocycles. The van der Waals surface area contributed by atoms with Gasteiger partial charge in [-0.1, -0.05) is 29.8 Å². The SMILES string of the molecule is Clc1ncccc1NCc1coc2ccccc12. The summed E-state index contributed by atoms with van der Waals surface area (Å²) >= 11 is 5.99. The van der Waals surface area contributed by atoms with Gasteiger partial charge >= 0.3 is 0 Å². The summed E-state index contributed by atoms with van der Waals surface area (Å²) in [5.41, 5.74) is 2.82. The van der Waals surface area contributed by atoms with E-state index in [0.29, 0.717) is 11.7 Å². The highest BCUT2D eigenvalue weighted by Gasteiger charge is 2.05. The monoisotopic (exact) mass is 258 g/mol. The molecule has 0 aliphatic carbocycles. The molecule has 2 aromatic heterocycles. The van der Waals surface area contributed by atoms with Crippen molar-refractivity contribution in [3.8, 4) is 0 Å². The van der Waals surface area contributed by atoms with Crippen molar-refractivity contribution in [1.82, 2.24) is 4.98 Å². The smallest absolute Gasteiger partial charge is 0.152 e. The fraction of sp³-hybridized carbons (Fsp3) is 0.0714. The van der Waals surface area contributed by atoms with E-state index in [1.165, 1.54) is 0 Å². The molecule has 0 amide bonds. The van der Waals surface area contributed by atoms with Crippen molar-refractivity contribution in [2.24, 2.45) is 0 Å². The number of hydrogen-bond acceptors (Lipinski definition) is 3. The van der Waals surface area contributed by atoms with Gasteiger partial charge in [0.05, 0.1) is 12.0 Å². The summed E-state index contributed by atoms with van der Waals surface area (Å²) in [7, 11) is 0. The minimum Gasteiger partial charge on any atom is -0.464 e. The predicted octanol–water partition coefficient (Wildman–Crippen LogP) is 4.09. The lowest BCUT2D eigenvalue weighted by molar-refractivity contribution is 0.611. The number of nitrogens with one attached hydrogen (secondary N) is 1. The summed E-state index contributed by atoms with van der Waals surface area (Å²) in [6.45, 7) is 0.655. The molecule has 1 aromatic carbocycles. The van der Waals surface area contributed by atoms with Gasteiger partial charge in [0.15, 0.2) is 5.15 Å². The largest absolute Gasteiger partial charge is 0.464 e. The van der Waals surface area contributed by atoms with Crippen LogP contribution in [0.5, 0.6) is 0 Å². The summed E-state index contributed by atoms with van der Waals surface area (Å²) < 4.78 is 5.48. The first kappa shape index (κ1) is 11.1. The quantitative estimate of drug-likeness (QED) is 0.719. The topological polar surface area (TPSA) is 38.1 Å². The van der Waals surface area contributed by atoms with E-state index in [0.717, 1.165) is 22.2 Å². The number of para-hydroxylation sites is 1. The molecular weight excluding hydrogens is 248 g/mol. The average Bonchev–Trinajstić information content (AvgIpc) is 2.81. The summed E-state index contributed by atoms with van der Waals surface area (Å²) in [4.78, 5) is 4.02. The molecule has 0 atom stereocenters. The van der Waals surface area contributed by atoms with E-state index in [1.54, 1.807) is 12.5 Å². The Labute approximate surface area is 109 Å². The van der Waals surface area contributed by atoms with Crippen molar-refractivity contribution >= 4 is 28.3 Å². The highest BCUT2D eigenvalue weighted by atomic mass is 35.5. The maximum Gasteiger partial charge on any atom is 0.152 e. The third-order valence-corrected chi connectivity index (χ3v) is 3.09. The van der Waals surface area contributed by atoms with Crippen LogP contribution in [0.1, 0.15) is 5.56 Å². The third-order valence-electron chi connectivity index (χ3n) is 2.79. The Kier molecular flexibility index (Phi) is 2.90. The molecule has 18 heavy (non-hydrogen) atoms. The van der Waals surface area contributed by atoms with Crippen LogP contribution in [0.4, 0.5) is 5.69 Å². The van der Waals surface area contributed by atoms with Gasteiger partial charge in [-0.25, -0.2) is 4.98 Å². The second-order valence-electron chi connectivity index (χ2n) is 3.95. The molecule has 0 bridgehead atoms. The van der Waals surface area contributed by atoms with Crippen molar-refractivity contribution in [3.63, 3.8) is 0 Å². The van der Waals surface area contributed by atoms with Crippen LogP contribution in [-0.4, -0.2) is 4.98 Å². The van der Waals surface area contributed by atoms with Crippen LogP contribution in [0.3, 0.4) is 0 Å². The summed E-state index contributed by atoms with van der Waals surface area (Å²) in [6.07, 6.45) is 3.43. The number of pyridine rings is 1. The predicted molar refractivity (Wildman–Crippen MR) is 72.8 cm³/mol. The molecule has 4 heteroatoms. The lowest BCUT2D eigenvalue weighted by atomic mass is 10.2. The zero-order valence-electron chi connectivity index (χ0n) is 9.56. The van der Waals surface area contributed by atoms with Gasteiger partial charge in [0, 0.05) is 23.7 Å². The van der Waals surface area contributed by atoms with Crippen molar-refractivity contribution < 1.29 is 4.42 Å². The number of halogens is 1. The van der Waals surface area contributed by atoms with Crippen LogP contribution in [0, 0.1) is 0 Å². The molecule has 1 N–H and O–H groups in total. The molecule has 0 saturated carbocycles. The van der Waals surface area contributed by atoms with E-state index in [1.807, 2.05) is 36.4 Å². The van der Waals surface area contributed by atoms with E-state index in [4.69, 9.17) is 16.0 Å². The van der Waals surface area contributed by atoms with Crippen LogP contribution >= 0.6 is 11.6 Å². The second kappa shape index (κ2) is 4.70. The van der Waals surface area contributed by atoms with Crippen LogP contribution in [-0.2, 0) is 6.54 Å². The number of furan rings is 1. The zero-order chi connectivity index (χ0) is 12.4. The summed E-state index contributed by atoms with van der Waals surface area (Å²) in [5.74, 6) is 0. The lowest BCUT2D eigenvalue weighted by Gasteiger charge is -2.05. The Bertz CT molecular complexity index is 678. The molecule has 0 spiro atoms. The highest BCUT2D eigenvalue weighted by Crippen LogP contribution is 2.23. The van der Waals surface area contributed by atoms with Crippen molar-refractivity contribution in [1.29, 1.82) is 0 Å². The van der Waals surface area contributed by atoms with Gasteiger partial charge in [-0.15, -0.1) is 0 Å². The molecule has 0 aliphatic heterocycles. The maximum absolute atomic E-state index is 5.99. The first-order chi connectivity index (χ1) is 8.84. The van der Waals surface area contributed by atoms with Gasteiger partial charge in [0.25, 0.3) is 0 Å². The van der Waals surface area contributed by atoms with Gasteiger partial charge in [0.1, 0.15) is 5.58 Å². The number of nitrogens with zero attached hydrogens (tertiary/aromatic N) is 1. The standard InChI is InChI=1S/C14H11ClN2O/c15-14-12(5-3-7-16-14)17-8-10-9-18-13-6-2-1-4-11(10)13/h1-7,9,17H,8H2. The number of hydrogen-bond donors (Lipinski definition) is 1. The molecule has 3 nitrogen and oxygen atoms in total. The zero-order valence-corrected chi connectivity index (χ0v) is 10.3. The Morgan fingerprint density at radius 2 is 2.06 bits per heavy atom. The number of rotatable bonds is 3. The molecular formula is C14H11ClN2O. The lowest BCUT2D eigenvalue weighted by Crippen LogP contribution is -1.99. The van der Waals surface area contributed by atoms with Gasteiger partial charge in [-0.05, 0) is 18.2 Å². The molecule has 3 aromatic rings. The number of anilines is 1. The van der Waals surface area contributed by atoms with Crippen molar-refractivity contribution in [2.75, 3.05) is 5.32 Å². The number of fused-ring (bicyclic) bond motifs is 1. The van der Waals surface area contributed by atoms with E-state index in [2.05, 4.69) is 10.3 Å². The Morgan fingerprint density at radius 3 is 2.94 bits per heavy atom. The van der Waals surface area contributed by atoms with Crippen molar-refractivity contribution in [2.45, 2.75) is 6.54 Å². The first-order valence-corrected chi connectivity index (χ1v) is 6.02. The van der Waals surface area contributed by atoms with Crippen molar-refractivity contribution in [3.05, 3.63) is 59.6 Å². The van der Waals surface area contributed by atoms with E-state index in [-0.39, 0.29) is 0 Å². The van der Waals surface area contributed by atoms with E-state index >= 15 is 0 Å².